The Labute approximate surface area is 119 Å². The van der Waals surface area contributed by atoms with Crippen molar-refractivity contribution in [3.63, 3.8) is 0 Å². The second-order valence-corrected chi connectivity index (χ2v) is 6.22. The number of hydrogen-bond donors (Lipinski definition) is 1. The van der Waals surface area contributed by atoms with Gasteiger partial charge < -0.3 is 10.2 Å². The van der Waals surface area contributed by atoms with Crippen molar-refractivity contribution in [2.24, 2.45) is 0 Å². The number of rotatable bonds is 5. The summed E-state index contributed by atoms with van der Waals surface area (Å²) in [4.78, 5) is 25.1. The zero-order valence-electron chi connectivity index (χ0n) is 9.83. The maximum Gasteiger partial charge on any atom is 0.255 e. The first kappa shape index (κ1) is 14.4. The van der Waals surface area contributed by atoms with Crippen LogP contribution in [-0.2, 0) is 4.79 Å². The molecule has 1 aromatic heterocycles. The molecule has 2 amide bonds. The highest BCUT2D eigenvalue weighted by atomic mass is 127. The summed E-state index contributed by atoms with van der Waals surface area (Å²) in [5, 5.41) is 4.51. The number of thiophene rings is 1. The summed E-state index contributed by atoms with van der Waals surface area (Å²) in [7, 11) is 0. The summed E-state index contributed by atoms with van der Waals surface area (Å²) >= 11 is 3.71. The minimum atomic E-state index is -0.118. The third-order valence-electron chi connectivity index (χ3n) is 2.19. The lowest BCUT2D eigenvalue weighted by Gasteiger charge is -2.19. The molecule has 0 spiro atoms. The molecule has 0 aliphatic heterocycles. The SMILES string of the molecule is CCNC(=O)CN(CC)C(=O)c1csc(I)c1. The molecular formula is C11H15IN2O2S. The normalized spacial score (nSPS) is 10.1. The van der Waals surface area contributed by atoms with E-state index in [-0.39, 0.29) is 18.4 Å². The van der Waals surface area contributed by atoms with Gasteiger partial charge in [0.1, 0.15) is 0 Å². The maximum absolute atomic E-state index is 12.1. The van der Waals surface area contributed by atoms with Crippen LogP contribution in [0.25, 0.3) is 0 Å². The molecule has 0 aliphatic carbocycles. The van der Waals surface area contributed by atoms with Crippen LogP contribution in [0.2, 0.25) is 0 Å². The molecule has 0 bridgehead atoms. The van der Waals surface area contributed by atoms with Crippen molar-refractivity contribution in [2.45, 2.75) is 13.8 Å². The van der Waals surface area contributed by atoms with Crippen molar-refractivity contribution >= 4 is 45.7 Å². The Morgan fingerprint density at radius 2 is 2.18 bits per heavy atom. The van der Waals surface area contributed by atoms with Crippen molar-refractivity contribution in [3.8, 4) is 0 Å². The second-order valence-electron chi connectivity index (χ2n) is 3.41. The van der Waals surface area contributed by atoms with Gasteiger partial charge in [-0.05, 0) is 42.5 Å². The van der Waals surface area contributed by atoms with Crippen LogP contribution >= 0.6 is 33.9 Å². The topological polar surface area (TPSA) is 49.4 Å². The van der Waals surface area contributed by atoms with E-state index in [1.54, 1.807) is 4.90 Å². The number of halogens is 1. The monoisotopic (exact) mass is 366 g/mol. The lowest BCUT2D eigenvalue weighted by molar-refractivity contribution is -0.121. The smallest absolute Gasteiger partial charge is 0.255 e. The first-order valence-electron chi connectivity index (χ1n) is 5.38. The van der Waals surface area contributed by atoms with Crippen LogP contribution in [0.15, 0.2) is 11.4 Å². The largest absolute Gasteiger partial charge is 0.355 e. The van der Waals surface area contributed by atoms with Crippen LogP contribution in [0.5, 0.6) is 0 Å². The minimum absolute atomic E-state index is 0.0853. The molecule has 0 saturated carbocycles. The van der Waals surface area contributed by atoms with E-state index in [1.807, 2.05) is 25.3 Å². The Kier molecular flexibility index (Phi) is 5.90. The number of hydrogen-bond acceptors (Lipinski definition) is 3. The molecular weight excluding hydrogens is 351 g/mol. The Bertz CT molecular complexity index is 406. The number of nitrogens with one attached hydrogen (secondary N) is 1. The van der Waals surface area contributed by atoms with Crippen molar-refractivity contribution in [1.29, 1.82) is 0 Å². The summed E-state index contributed by atoms with van der Waals surface area (Å²) < 4.78 is 1.07. The standard InChI is InChI=1S/C11H15IN2O2S/c1-3-13-10(15)6-14(4-2)11(16)8-5-9(12)17-7-8/h5,7H,3-4,6H2,1-2H3,(H,13,15). The number of carbonyl (C=O) groups is 2. The Balaban J connectivity index is 2.67. The van der Waals surface area contributed by atoms with E-state index in [9.17, 15) is 9.59 Å². The molecule has 0 fully saturated rings. The van der Waals surface area contributed by atoms with Gasteiger partial charge in [-0.3, -0.25) is 9.59 Å². The fraction of sp³-hybridized carbons (Fsp3) is 0.455. The molecule has 6 heteroatoms. The van der Waals surface area contributed by atoms with Gasteiger partial charge in [0.25, 0.3) is 5.91 Å². The number of carbonyl (C=O) groups excluding carboxylic acids is 2. The van der Waals surface area contributed by atoms with Gasteiger partial charge in [0.15, 0.2) is 0 Å². The van der Waals surface area contributed by atoms with Crippen LogP contribution < -0.4 is 5.32 Å². The summed E-state index contributed by atoms with van der Waals surface area (Å²) in [6.45, 7) is 4.96. The molecule has 1 rings (SSSR count). The minimum Gasteiger partial charge on any atom is -0.355 e. The lowest BCUT2D eigenvalue weighted by atomic mass is 10.3. The van der Waals surface area contributed by atoms with Gasteiger partial charge in [-0.15, -0.1) is 11.3 Å². The average Bonchev–Trinajstić information content (AvgIpc) is 2.72. The maximum atomic E-state index is 12.1. The van der Waals surface area contributed by atoms with E-state index in [1.165, 1.54) is 11.3 Å². The molecule has 1 heterocycles. The van der Waals surface area contributed by atoms with Gasteiger partial charge in [0, 0.05) is 18.5 Å². The molecule has 0 aliphatic rings. The highest BCUT2D eigenvalue weighted by molar-refractivity contribution is 14.1. The van der Waals surface area contributed by atoms with Crippen molar-refractivity contribution < 1.29 is 9.59 Å². The molecule has 94 valence electrons. The van der Waals surface area contributed by atoms with E-state index in [4.69, 9.17) is 0 Å². The molecule has 0 saturated heterocycles. The van der Waals surface area contributed by atoms with Crippen LogP contribution in [0, 0.1) is 2.88 Å². The van der Waals surface area contributed by atoms with E-state index in [2.05, 4.69) is 27.9 Å². The summed E-state index contributed by atoms with van der Waals surface area (Å²) in [6.07, 6.45) is 0. The third kappa shape index (κ3) is 4.27. The fourth-order valence-corrected chi connectivity index (χ4v) is 2.68. The van der Waals surface area contributed by atoms with Gasteiger partial charge in [-0.1, -0.05) is 0 Å². The van der Waals surface area contributed by atoms with E-state index in [0.29, 0.717) is 18.7 Å². The van der Waals surface area contributed by atoms with Gasteiger partial charge in [0.2, 0.25) is 5.91 Å². The predicted molar refractivity (Wildman–Crippen MR) is 77.3 cm³/mol. The molecule has 0 unspecified atom stereocenters. The first-order chi connectivity index (χ1) is 8.08. The number of amides is 2. The summed E-state index contributed by atoms with van der Waals surface area (Å²) in [6, 6.07) is 1.84. The molecule has 4 nitrogen and oxygen atoms in total. The third-order valence-corrected chi connectivity index (χ3v) is 3.98. The van der Waals surface area contributed by atoms with Crippen LogP contribution in [-0.4, -0.2) is 36.3 Å². The van der Waals surface area contributed by atoms with Crippen LogP contribution in [0.4, 0.5) is 0 Å². The van der Waals surface area contributed by atoms with Crippen LogP contribution in [0.3, 0.4) is 0 Å². The van der Waals surface area contributed by atoms with Gasteiger partial charge in [-0.2, -0.15) is 0 Å². The van der Waals surface area contributed by atoms with Gasteiger partial charge >= 0.3 is 0 Å². The van der Waals surface area contributed by atoms with Gasteiger partial charge in [0.05, 0.1) is 15.0 Å². The molecule has 0 atom stereocenters. The lowest BCUT2D eigenvalue weighted by Crippen LogP contribution is -2.40. The average molecular weight is 366 g/mol. The first-order valence-corrected chi connectivity index (χ1v) is 7.34. The van der Waals surface area contributed by atoms with Crippen molar-refractivity contribution in [3.05, 3.63) is 19.9 Å². The van der Waals surface area contributed by atoms with Crippen molar-refractivity contribution in [2.75, 3.05) is 19.6 Å². The molecule has 0 aromatic carbocycles. The highest BCUT2D eigenvalue weighted by Gasteiger charge is 2.17. The Hall–Kier alpha value is -0.630. The Morgan fingerprint density at radius 1 is 1.47 bits per heavy atom. The summed E-state index contributed by atoms with van der Waals surface area (Å²) in [5.74, 6) is -0.203. The molecule has 1 aromatic rings. The van der Waals surface area contributed by atoms with Gasteiger partial charge in [-0.25, -0.2) is 0 Å². The van der Waals surface area contributed by atoms with Crippen LogP contribution in [0.1, 0.15) is 24.2 Å². The van der Waals surface area contributed by atoms with Crippen molar-refractivity contribution in [1.82, 2.24) is 10.2 Å². The van der Waals surface area contributed by atoms with E-state index < -0.39 is 0 Å². The van der Waals surface area contributed by atoms with E-state index in [0.717, 1.165) is 2.88 Å². The summed E-state index contributed by atoms with van der Waals surface area (Å²) in [5.41, 5.74) is 0.658. The second kappa shape index (κ2) is 6.95. The quantitative estimate of drug-likeness (QED) is 0.810. The molecule has 17 heavy (non-hydrogen) atoms. The molecule has 0 radical (unpaired) electrons. The highest BCUT2D eigenvalue weighted by Crippen LogP contribution is 2.18. The Morgan fingerprint density at radius 3 is 2.65 bits per heavy atom. The number of nitrogens with zero attached hydrogens (tertiary/aromatic N) is 1. The number of likely N-dealkylation sites (N-methyl/N-ethyl adjacent to an activating group) is 2. The van der Waals surface area contributed by atoms with E-state index >= 15 is 0 Å². The zero-order chi connectivity index (χ0) is 12.8. The molecule has 1 N–H and O–H groups in total. The predicted octanol–water partition coefficient (Wildman–Crippen LogP) is 1.95. The zero-order valence-corrected chi connectivity index (χ0v) is 12.8. The fourth-order valence-electron chi connectivity index (χ4n) is 1.36.